The molecule has 3 heterocycles. The molecule has 4 aromatic rings. The number of carboxylic acids is 1. The van der Waals surface area contributed by atoms with Crippen LogP contribution in [0.25, 0.3) is 15.9 Å². The summed E-state index contributed by atoms with van der Waals surface area (Å²) in [6, 6.07) is 12.4. The van der Waals surface area contributed by atoms with Gasteiger partial charge in [0.05, 0.1) is 28.3 Å². The standard InChI is InChI=1S/C14H8N2O3S.C6H4BrNS/c15-6-8-7-16(11-3-4-20-13(8)11)9-1-2-10(14(18)19)12(17)5-9;7-5-2-4-9-6(5)1-3-8/h1-5,7,17H,(H,18,19);2,4H,1H2. The number of aromatic carboxylic acids is 1. The predicted molar refractivity (Wildman–Crippen MR) is 116 cm³/mol. The molecule has 29 heavy (non-hydrogen) atoms. The molecule has 6 nitrogen and oxygen atoms in total. The maximum Gasteiger partial charge on any atom is 0.339 e. The van der Waals surface area contributed by atoms with E-state index in [0.29, 0.717) is 17.7 Å². The first-order valence-electron chi connectivity index (χ1n) is 8.10. The minimum Gasteiger partial charge on any atom is -0.507 e. The zero-order valence-electron chi connectivity index (χ0n) is 14.7. The number of thiophene rings is 2. The van der Waals surface area contributed by atoms with Crippen molar-refractivity contribution in [2.24, 2.45) is 0 Å². The quantitative estimate of drug-likeness (QED) is 0.395. The molecule has 0 aliphatic heterocycles. The zero-order chi connectivity index (χ0) is 21.0. The Morgan fingerprint density at radius 2 is 1.93 bits per heavy atom. The predicted octanol–water partition coefficient (Wildman–Crippen LogP) is 5.54. The summed E-state index contributed by atoms with van der Waals surface area (Å²) in [4.78, 5) is 12.0. The van der Waals surface area contributed by atoms with Gasteiger partial charge in [-0.3, -0.25) is 0 Å². The van der Waals surface area contributed by atoms with Crippen molar-refractivity contribution in [3.63, 3.8) is 0 Å². The molecule has 0 aliphatic carbocycles. The molecule has 0 aliphatic rings. The molecule has 4 rings (SSSR count). The monoisotopic (exact) mass is 485 g/mol. The van der Waals surface area contributed by atoms with E-state index in [-0.39, 0.29) is 11.3 Å². The second kappa shape index (κ2) is 8.93. The van der Waals surface area contributed by atoms with Crippen molar-refractivity contribution in [3.8, 4) is 23.6 Å². The third-order valence-electron chi connectivity index (χ3n) is 3.95. The van der Waals surface area contributed by atoms with E-state index in [0.717, 1.165) is 19.6 Å². The fourth-order valence-electron chi connectivity index (χ4n) is 2.62. The van der Waals surface area contributed by atoms with Crippen molar-refractivity contribution in [1.82, 2.24) is 4.57 Å². The number of fused-ring (bicyclic) bond motifs is 1. The topological polar surface area (TPSA) is 110 Å². The Kier molecular flexibility index (Phi) is 6.35. The van der Waals surface area contributed by atoms with Crippen molar-refractivity contribution >= 4 is 54.8 Å². The van der Waals surface area contributed by atoms with E-state index in [9.17, 15) is 9.90 Å². The van der Waals surface area contributed by atoms with Crippen LogP contribution in [0.1, 0.15) is 20.8 Å². The number of hydrogen-bond acceptors (Lipinski definition) is 6. The van der Waals surface area contributed by atoms with Gasteiger partial charge < -0.3 is 14.8 Å². The lowest BCUT2D eigenvalue weighted by Gasteiger charge is -2.06. The maximum atomic E-state index is 10.9. The molecule has 0 atom stereocenters. The summed E-state index contributed by atoms with van der Waals surface area (Å²) >= 11 is 6.40. The molecular weight excluding hydrogens is 474 g/mol. The van der Waals surface area contributed by atoms with Gasteiger partial charge in [-0.05, 0) is 51.0 Å². The van der Waals surface area contributed by atoms with Crippen LogP contribution in [0.5, 0.6) is 5.75 Å². The third kappa shape index (κ3) is 4.33. The summed E-state index contributed by atoms with van der Waals surface area (Å²) in [6.07, 6.45) is 2.19. The maximum absolute atomic E-state index is 10.9. The Morgan fingerprint density at radius 3 is 2.52 bits per heavy atom. The normalized spacial score (nSPS) is 10.0. The van der Waals surface area contributed by atoms with Crippen molar-refractivity contribution in [1.29, 1.82) is 10.5 Å². The summed E-state index contributed by atoms with van der Waals surface area (Å²) in [5, 5.41) is 39.9. The second-order valence-corrected chi connectivity index (χ2v) is 8.46. The molecule has 144 valence electrons. The Labute approximate surface area is 182 Å². The number of benzene rings is 1. The zero-order valence-corrected chi connectivity index (χ0v) is 17.9. The largest absolute Gasteiger partial charge is 0.507 e. The van der Waals surface area contributed by atoms with Crippen LogP contribution in [-0.2, 0) is 6.42 Å². The summed E-state index contributed by atoms with van der Waals surface area (Å²) in [7, 11) is 0. The summed E-state index contributed by atoms with van der Waals surface area (Å²) in [6.45, 7) is 0. The molecule has 0 unspecified atom stereocenters. The molecule has 0 fully saturated rings. The molecule has 0 saturated carbocycles. The highest BCUT2D eigenvalue weighted by atomic mass is 79.9. The lowest BCUT2D eigenvalue weighted by Crippen LogP contribution is -1.98. The molecule has 3 aromatic heterocycles. The third-order valence-corrected chi connectivity index (χ3v) is 6.81. The van der Waals surface area contributed by atoms with Crippen LogP contribution in [0.3, 0.4) is 0 Å². The number of aromatic nitrogens is 1. The lowest BCUT2D eigenvalue weighted by molar-refractivity contribution is 0.0694. The van der Waals surface area contributed by atoms with E-state index in [4.69, 9.17) is 15.6 Å². The first-order valence-corrected chi connectivity index (χ1v) is 10.7. The van der Waals surface area contributed by atoms with Crippen LogP contribution in [0.15, 0.2) is 51.8 Å². The van der Waals surface area contributed by atoms with Gasteiger partial charge in [-0.25, -0.2) is 4.79 Å². The number of phenols is 1. The van der Waals surface area contributed by atoms with E-state index < -0.39 is 5.97 Å². The average molecular weight is 486 g/mol. The molecule has 0 saturated heterocycles. The number of aromatic hydroxyl groups is 1. The van der Waals surface area contributed by atoms with Gasteiger partial charge in [-0.15, -0.1) is 22.7 Å². The van der Waals surface area contributed by atoms with Crippen LogP contribution in [-0.4, -0.2) is 20.7 Å². The molecule has 0 radical (unpaired) electrons. The van der Waals surface area contributed by atoms with Gasteiger partial charge in [0.15, 0.2) is 0 Å². The number of nitrogens with zero attached hydrogens (tertiary/aromatic N) is 3. The van der Waals surface area contributed by atoms with Gasteiger partial charge >= 0.3 is 5.97 Å². The number of rotatable bonds is 3. The van der Waals surface area contributed by atoms with Gasteiger partial charge in [0.2, 0.25) is 0 Å². The molecule has 2 N–H and O–H groups in total. The molecule has 0 amide bonds. The Bertz CT molecular complexity index is 1270. The van der Waals surface area contributed by atoms with E-state index in [1.165, 1.54) is 23.5 Å². The molecule has 1 aromatic carbocycles. The lowest BCUT2D eigenvalue weighted by atomic mass is 10.2. The van der Waals surface area contributed by atoms with Crippen LogP contribution < -0.4 is 0 Å². The number of nitriles is 2. The highest BCUT2D eigenvalue weighted by Crippen LogP contribution is 2.30. The Balaban J connectivity index is 0.000000224. The van der Waals surface area contributed by atoms with Crippen LogP contribution >= 0.6 is 38.6 Å². The smallest absolute Gasteiger partial charge is 0.339 e. The van der Waals surface area contributed by atoms with E-state index >= 15 is 0 Å². The highest BCUT2D eigenvalue weighted by molar-refractivity contribution is 9.10. The number of carboxylic acid groups (broad SMARTS) is 1. The molecular formula is C20H12BrN3O3S2. The molecule has 0 bridgehead atoms. The SMILES string of the molecule is N#CCc1sccc1Br.N#Cc1cn(-c2ccc(C(=O)O)c(O)c2)c2ccsc12. The highest BCUT2D eigenvalue weighted by Gasteiger charge is 2.14. The molecule has 0 spiro atoms. The van der Waals surface area contributed by atoms with Crippen molar-refractivity contribution in [2.45, 2.75) is 6.42 Å². The van der Waals surface area contributed by atoms with E-state index in [1.54, 1.807) is 28.2 Å². The van der Waals surface area contributed by atoms with Crippen LogP contribution in [0, 0.1) is 22.7 Å². The summed E-state index contributed by atoms with van der Waals surface area (Å²) in [5.41, 5.74) is 1.87. The second-order valence-electron chi connectivity index (χ2n) is 5.69. The van der Waals surface area contributed by atoms with E-state index in [2.05, 4.69) is 28.1 Å². The molecule has 9 heteroatoms. The fraction of sp³-hybridized carbons (Fsp3) is 0.0500. The first kappa shape index (κ1) is 20.6. The van der Waals surface area contributed by atoms with Gasteiger partial charge in [-0.1, -0.05) is 0 Å². The fourth-order valence-corrected chi connectivity index (χ4v) is 4.89. The van der Waals surface area contributed by atoms with E-state index in [1.807, 2.05) is 22.9 Å². The summed E-state index contributed by atoms with van der Waals surface area (Å²) in [5.74, 6) is -1.48. The number of carbonyl (C=O) groups is 1. The summed E-state index contributed by atoms with van der Waals surface area (Å²) < 4.78 is 3.68. The van der Waals surface area contributed by atoms with Gasteiger partial charge in [0.25, 0.3) is 0 Å². The Morgan fingerprint density at radius 1 is 1.17 bits per heavy atom. The van der Waals surface area contributed by atoms with Gasteiger partial charge in [-0.2, -0.15) is 10.5 Å². The average Bonchev–Trinajstić information content (AvgIpc) is 3.39. The minimum absolute atomic E-state index is 0.150. The number of halogens is 1. The van der Waals surface area contributed by atoms with Crippen molar-refractivity contribution in [2.75, 3.05) is 0 Å². The first-order chi connectivity index (χ1) is 14.0. The van der Waals surface area contributed by atoms with Crippen molar-refractivity contribution in [3.05, 3.63) is 67.8 Å². The van der Waals surface area contributed by atoms with Crippen LogP contribution in [0.4, 0.5) is 0 Å². The van der Waals surface area contributed by atoms with Crippen molar-refractivity contribution < 1.29 is 15.0 Å². The van der Waals surface area contributed by atoms with Crippen LogP contribution in [0.2, 0.25) is 0 Å². The van der Waals surface area contributed by atoms with Gasteiger partial charge in [0.1, 0.15) is 17.4 Å². The minimum atomic E-state index is -1.18. The van der Waals surface area contributed by atoms with Gasteiger partial charge in [0, 0.05) is 27.3 Å². The number of hydrogen-bond donors (Lipinski definition) is 2. The Hall–Kier alpha value is -3.11.